The van der Waals surface area contributed by atoms with E-state index in [1.54, 1.807) is 0 Å². The van der Waals surface area contributed by atoms with Gasteiger partial charge in [-0.3, -0.25) is 14.6 Å². The van der Waals surface area contributed by atoms with Gasteiger partial charge in [0.25, 0.3) is 0 Å². The van der Waals surface area contributed by atoms with E-state index >= 15 is 0 Å². The van der Waals surface area contributed by atoms with Crippen LogP contribution in [-0.2, 0) is 19.0 Å². The molecule has 3 heterocycles. The number of Topliss-reactive ketones (excluding diaryl/α,β-unsaturated/α-hetero) is 1. The molecule has 3 unspecified atom stereocenters. The lowest BCUT2D eigenvalue weighted by atomic mass is 9.41. The topological polar surface area (TPSA) is 51.2 Å². The molecule has 6 nitrogen and oxygen atoms in total. The van der Waals surface area contributed by atoms with Crippen molar-refractivity contribution in [2.75, 3.05) is 39.4 Å². The maximum absolute atomic E-state index is 14.4. The molecule has 8 aliphatic rings. The van der Waals surface area contributed by atoms with Crippen LogP contribution in [0, 0.1) is 50.7 Å². The van der Waals surface area contributed by atoms with Gasteiger partial charge in [-0.15, -0.1) is 0 Å². The van der Waals surface area contributed by atoms with Crippen molar-refractivity contribution in [3.8, 4) is 0 Å². The SMILES string of the molecule is CC(C)N1CC(N2CCO[C@@H](O[C@H]3CC[C@]45CC46CC[C@]4(C)[C@@H]7C(OCC[C@H]7C)C(=O)[C@@]4(C)C6CC[C@H]5C3(C)C)C2)C1. The van der Waals surface area contributed by atoms with Crippen molar-refractivity contribution in [1.29, 1.82) is 0 Å². The number of carbonyl (C=O) groups excluding carboxylic acids is 1. The number of hydrogen-bond donors (Lipinski definition) is 0. The summed E-state index contributed by atoms with van der Waals surface area (Å²) in [4.78, 5) is 19.6. The predicted molar refractivity (Wildman–Crippen MR) is 163 cm³/mol. The first kappa shape index (κ1) is 28.9. The number of carbonyl (C=O) groups is 1. The minimum absolute atomic E-state index is 0.0772. The lowest BCUT2D eigenvalue weighted by Gasteiger charge is -2.62. The van der Waals surface area contributed by atoms with E-state index in [1.807, 2.05) is 0 Å². The molecule has 8 rings (SSSR count). The zero-order valence-electron chi connectivity index (χ0n) is 27.6. The Morgan fingerprint density at radius 1 is 0.881 bits per heavy atom. The number of likely N-dealkylation sites (tertiary alicyclic amines) is 1. The van der Waals surface area contributed by atoms with Crippen LogP contribution in [0.25, 0.3) is 0 Å². The summed E-state index contributed by atoms with van der Waals surface area (Å²) in [5.41, 5.74) is 0.709. The molecule has 0 aromatic carbocycles. The van der Waals surface area contributed by atoms with Crippen LogP contribution in [0.5, 0.6) is 0 Å². The van der Waals surface area contributed by atoms with Gasteiger partial charge in [0.2, 0.25) is 0 Å². The summed E-state index contributed by atoms with van der Waals surface area (Å²) in [6.45, 7) is 22.8. The van der Waals surface area contributed by atoms with Gasteiger partial charge < -0.3 is 14.2 Å². The highest BCUT2D eigenvalue weighted by molar-refractivity contribution is 5.93. The summed E-state index contributed by atoms with van der Waals surface area (Å²) < 4.78 is 19.6. The van der Waals surface area contributed by atoms with Gasteiger partial charge >= 0.3 is 0 Å². The third kappa shape index (κ3) is 3.48. The molecule has 3 aliphatic heterocycles. The van der Waals surface area contributed by atoms with Gasteiger partial charge in [0.05, 0.1) is 12.7 Å². The van der Waals surface area contributed by atoms with Gasteiger partial charge in [-0.2, -0.15) is 0 Å². The van der Waals surface area contributed by atoms with Crippen molar-refractivity contribution in [1.82, 2.24) is 9.80 Å². The van der Waals surface area contributed by atoms with Gasteiger partial charge in [-0.1, -0.05) is 34.6 Å². The van der Waals surface area contributed by atoms with E-state index in [1.165, 1.54) is 51.6 Å². The van der Waals surface area contributed by atoms with Crippen molar-refractivity contribution in [2.24, 2.45) is 50.7 Å². The Morgan fingerprint density at radius 2 is 1.62 bits per heavy atom. The maximum atomic E-state index is 14.4. The number of nitrogens with zero attached hydrogens (tertiary/aromatic N) is 2. The lowest BCUT2D eigenvalue weighted by molar-refractivity contribution is -0.252. The third-order valence-electron chi connectivity index (χ3n) is 16.0. The summed E-state index contributed by atoms with van der Waals surface area (Å²) >= 11 is 0. The smallest absolute Gasteiger partial charge is 0.170 e. The fourth-order valence-corrected chi connectivity index (χ4v) is 13.5. The monoisotopic (exact) mass is 582 g/mol. The van der Waals surface area contributed by atoms with Gasteiger partial charge in [0.15, 0.2) is 12.1 Å². The molecule has 236 valence electrons. The first-order valence-electron chi connectivity index (χ1n) is 17.8. The van der Waals surface area contributed by atoms with E-state index in [0.717, 1.165) is 39.1 Å². The molecule has 42 heavy (non-hydrogen) atoms. The second-order valence-corrected chi connectivity index (χ2v) is 17.7. The van der Waals surface area contributed by atoms with Crippen molar-refractivity contribution < 1.29 is 19.0 Å². The zero-order chi connectivity index (χ0) is 29.4. The van der Waals surface area contributed by atoms with Crippen LogP contribution < -0.4 is 0 Å². The Morgan fingerprint density at radius 3 is 2.38 bits per heavy atom. The number of morpholine rings is 1. The van der Waals surface area contributed by atoms with Crippen LogP contribution in [0.2, 0.25) is 0 Å². The minimum Gasteiger partial charge on any atom is -0.370 e. The highest BCUT2D eigenvalue weighted by Crippen LogP contribution is 2.89. The Kier molecular flexibility index (Phi) is 6.38. The first-order valence-corrected chi connectivity index (χ1v) is 17.8. The van der Waals surface area contributed by atoms with Gasteiger partial charge in [0, 0.05) is 56.2 Å². The molecule has 0 aromatic heterocycles. The van der Waals surface area contributed by atoms with Crippen LogP contribution >= 0.6 is 0 Å². The highest BCUT2D eigenvalue weighted by Gasteiger charge is 2.84. The van der Waals surface area contributed by atoms with Crippen molar-refractivity contribution >= 4 is 5.78 Å². The molecule has 3 saturated heterocycles. The summed E-state index contributed by atoms with van der Waals surface area (Å²) in [5, 5.41) is 0. The summed E-state index contributed by atoms with van der Waals surface area (Å²) in [6.07, 6.45) is 9.81. The summed E-state index contributed by atoms with van der Waals surface area (Å²) in [6, 6.07) is 1.29. The fourth-order valence-electron chi connectivity index (χ4n) is 13.5. The standard InChI is InChI=1S/C36H58N2O4/c1-22(2)38-18-24(19-38)37-15-17-40-28(20-37)42-27-10-12-35-21-36(35)14-13-33(6)29-23(3)11-16-41-30(29)31(39)34(33,7)26(36)9-8-25(35)32(27,4)5/h22-30H,8-21H2,1-7H3/t23-,25+,26?,27+,28+,29+,30?,33-,34-,35-,36?/m1/s1. The molecular formula is C36H58N2O4. The molecular weight excluding hydrogens is 524 g/mol. The number of fused-ring (bicyclic) bond motifs is 4. The normalized spacial score (nSPS) is 53.9. The van der Waals surface area contributed by atoms with Crippen molar-refractivity contribution in [2.45, 2.75) is 130 Å². The molecule has 11 atom stereocenters. The molecule has 5 saturated carbocycles. The molecule has 0 bridgehead atoms. The number of rotatable bonds is 4. The maximum Gasteiger partial charge on any atom is 0.170 e. The summed E-state index contributed by atoms with van der Waals surface area (Å²) in [7, 11) is 0. The van der Waals surface area contributed by atoms with Crippen LogP contribution in [0.15, 0.2) is 0 Å². The number of ketones is 1. The van der Waals surface area contributed by atoms with Gasteiger partial charge in [-0.05, 0) is 105 Å². The highest BCUT2D eigenvalue weighted by atomic mass is 16.7. The Labute approximate surface area is 254 Å². The first-order chi connectivity index (χ1) is 19.9. The van der Waals surface area contributed by atoms with Crippen LogP contribution in [0.1, 0.15) is 99.8 Å². The molecule has 6 heteroatoms. The minimum atomic E-state index is -0.239. The Bertz CT molecular complexity index is 1120. The fraction of sp³-hybridized carbons (Fsp3) is 0.972. The van der Waals surface area contributed by atoms with E-state index in [9.17, 15) is 4.79 Å². The van der Waals surface area contributed by atoms with E-state index in [4.69, 9.17) is 14.2 Å². The lowest BCUT2D eigenvalue weighted by Crippen LogP contribution is -2.64. The summed E-state index contributed by atoms with van der Waals surface area (Å²) in [5.74, 6) is 2.65. The molecule has 0 aromatic rings. The predicted octanol–water partition coefficient (Wildman–Crippen LogP) is 5.78. The Hall–Kier alpha value is -0.530. The molecule has 8 fully saturated rings. The number of ether oxygens (including phenoxy) is 3. The van der Waals surface area contributed by atoms with Crippen LogP contribution in [0.4, 0.5) is 0 Å². The van der Waals surface area contributed by atoms with Crippen molar-refractivity contribution in [3.63, 3.8) is 0 Å². The van der Waals surface area contributed by atoms with E-state index < -0.39 is 0 Å². The molecule has 0 radical (unpaired) electrons. The third-order valence-corrected chi connectivity index (χ3v) is 16.0. The second kappa shape index (κ2) is 9.27. The van der Waals surface area contributed by atoms with E-state index in [-0.39, 0.29) is 34.7 Å². The number of hydrogen-bond acceptors (Lipinski definition) is 6. The molecule has 5 aliphatic carbocycles. The molecule has 0 N–H and O–H groups in total. The van der Waals surface area contributed by atoms with Crippen molar-refractivity contribution in [3.05, 3.63) is 0 Å². The van der Waals surface area contributed by atoms with Gasteiger partial charge in [-0.25, -0.2) is 0 Å². The second-order valence-electron chi connectivity index (χ2n) is 17.7. The van der Waals surface area contributed by atoms with Gasteiger partial charge in [0.1, 0.15) is 6.10 Å². The zero-order valence-corrected chi connectivity index (χ0v) is 27.6. The van der Waals surface area contributed by atoms with E-state index in [0.29, 0.717) is 52.4 Å². The Balaban J connectivity index is 0.996. The van der Waals surface area contributed by atoms with Crippen LogP contribution in [-0.4, -0.2) is 85.6 Å². The van der Waals surface area contributed by atoms with Crippen LogP contribution in [0.3, 0.4) is 0 Å². The average Bonchev–Trinajstić information content (AvgIpc) is 3.54. The molecule has 2 spiro atoms. The quantitative estimate of drug-likeness (QED) is 0.419. The largest absolute Gasteiger partial charge is 0.370 e. The molecule has 0 amide bonds. The van der Waals surface area contributed by atoms with E-state index in [2.05, 4.69) is 58.3 Å². The average molecular weight is 583 g/mol.